The maximum atomic E-state index is 12.7. The minimum Gasteiger partial charge on any atom is -0.409 e. The molecule has 17 aromatic rings. The Bertz CT molecular complexity index is 7280. The summed E-state index contributed by atoms with van der Waals surface area (Å²) in [5.41, 5.74) is 30.0. The van der Waals surface area contributed by atoms with E-state index in [1.807, 2.05) is 193 Å². The van der Waals surface area contributed by atoms with Gasteiger partial charge in [0.2, 0.25) is 0 Å². The van der Waals surface area contributed by atoms with Crippen LogP contribution in [0.2, 0.25) is 25.1 Å². The van der Waals surface area contributed by atoms with Crippen molar-refractivity contribution in [1.29, 1.82) is 0 Å². The highest BCUT2D eigenvalue weighted by atomic mass is 35.5. The van der Waals surface area contributed by atoms with Gasteiger partial charge >= 0.3 is 0 Å². The van der Waals surface area contributed by atoms with Gasteiger partial charge in [-0.3, -0.25) is 63.2 Å². The van der Waals surface area contributed by atoms with Gasteiger partial charge in [-0.25, -0.2) is 8.42 Å². The number of nitrogens with two attached hydrogens (primary N) is 2. The van der Waals surface area contributed by atoms with Crippen LogP contribution in [0.25, 0.3) is 56.3 Å². The summed E-state index contributed by atoms with van der Waals surface area (Å²) in [6, 6.07) is 89.3. The van der Waals surface area contributed by atoms with E-state index in [0.717, 1.165) is 73.8 Å². The number of aryl methyl sites for hydroxylation is 2. The number of aromatic nitrogens is 10. The lowest BCUT2D eigenvalue weighted by Crippen LogP contribution is -2.15. The lowest BCUT2D eigenvalue weighted by atomic mass is 10.1. The number of amidine groups is 2. The molecule has 0 unspecified atom stereocenters. The summed E-state index contributed by atoms with van der Waals surface area (Å²) < 4.78 is 26.4. The number of hydrogen-bond acceptors (Lipinski definition) is 19. The number of nitrogens with one attached hydrogen (secondary N) is 5. The molecule has 0 atom stereocenters. The number of anilines is 5. The number of nitrogens with zero attached hydrogens (tertiary/aromatic N) is 12. The summed E-state index contributed by atoms with van der Waals surface area (Å²) in [5.74, 6) is -1.20. The van der Waals surface area contributed by atoms with E-state index >= 15 is 0 Å². The highest BCUT2D eigenvalue weighted by Crippen LogP contribution is 2.36. The van der Waals surface area contributed by atoms with E-state index in [1.54, 1.807) is 171 Å². The van der Waals surface area contributed by atoms with Crippen molar-refractivity contribution in [3.63, 3.8) is 0 Å². The molecule has 0 bridgehead atoms. The number of sulfone groups is 1. The molecule has 0 aliphatic carbocycles. The molecule has 8 aromatic heterocycles. The molecule has 0 saturated carbocycles. The maximum absolute atomic E-state index is 12.7. The first-order chi connectivity index (χ1) is 66.7. The number of carbonyl (C=O) groups is 5. The summed E-state index contributed by atoms with van der Waals surface area (Å²) in [4.78, 5) is 92.8. The minimum absolute atomic E-state index is 0.0188. The Morgan fingerprint density at radius 1 is 0.377 bits per heavy atom. The average Bonchev–Trinajstić information content (AvgIpc) is 1.07. The van der Waals surface area contributed by atoms with Gasteiger partial charge in [0.15, 0.2) is 21.5 Å². The standard InChI is InChI=1S/C24H21ClN4O.C22H17ClN4O.C20H17ClN4O2.C19H15ClN4O2.C19H16ClN3O3S/c1-16-13-17(2)29(28-16)15-18-6-8-19(9-7-18)24(30)27-20-10-11-22(25)21(14-20)23-5-3-4-12-26-23;23-20-10-9-18(14-19(20)21-4-1-2-11-24-21)26-22(28)17-7-5-16(6-8-17)15-27-13-3-12-25-27;1-27-25-19(22)13-5-7-14(8-6-13)20(26)24-15-9-10-17(21)16(12-15)18-4-2-3-11-23-18;20-16-9-8-14(11-15(16)17-3-1-2-10-22-17)23-19(25)13-6-4-12(5-7-13)18(21)24-26;1-27(25,26)12-15-6-5-13(11-22-15)19(24)23-14-7-8-17(20)16(10-14)18-4-2-3-9-21-18/h3-14H,15H2,1-2H3,(H,27,30);1-14H,15H2,(H,26,28);2-12H,1H3,(H2,22,25)(H,24,26);1-11,26H,(H2,21,24)(H,23,25);2-11H,12H2,1H3,(H,23,24). The number of oxime groups is 2. The van der Waals surface area contributed by atoms with Crippen LogP contribution in [0.15, 0.2) is 363 Å². The van der Waals surface area contributed by atoms with Crippen molar-refractivity contribution >= 4 is 137 Å². The second-order valence-electron chi connectivity index (χ2n) is 30.4. The van der Waals surface area contributed by atoms with Crippen LogP contribution >= 0.6 is 58.0 Å². The molecule has 5 amide bonds. The molecule has 9 aromatic carbocycles. The molecule has 34 heteroatoms. The largest absolute Gasteiger partial charge is 0.409 e. The molecule has 28 nitrogen and oxygen atoms in total. The zero-order valence-electron chi connectivity index (χ0n) is 74.1. The first-order valence-electron chi connectivity index (χ1n) is 42.1. The second kappa shape index (κ2) is 48.0. The number of benzene rings is 9. The summed E-state index contributed by atoms with van der Waals surface area (Å²) in [5, 5.41) is 41.0. The molecule has 0 radical (unpaired) electrons. The molecule has 8 heterocycles. The number of carbonyl (C=O) groups excluding carboxylic acids is 5. The number of amides is 5. The number of halogens is 5. The van der Waals surface area contributed by atoms with Gasteiger partial charge in [0.05, 0.1) is 89.4 Å². The van der Waals surface area contributed by atoms with Crippen molar-refractivity contribution in [3.05, 3.63) is 445 Å². The van der Waals surface area contributed by atoms with Crippen molar-refractivity contribution < 1.29 is 42.4 Å². The fourth-order valence-electron chi connectivity index (χ4n) is 13.4. The van der Waals surface area contributed by atoms with E-state index in [-0.39, 0.29) is 47.0 Å². The Hall–Kier alpha value is -16.4. The van der Waals surface area contributed by atoms with Gasteiger partial charge in [-0.2, -0.15) is 10.2 Å². The number of hydrogen-bond donors (Lipinski definition) is 8. The van der Waals surface area contributed by atoms with Gasteiger partial charge in [0.1, 0.15) is 7.11 Å². The van der Waals surface area contributed by atoms with Crippen LogP contribution in [0.5, 0.6) is 0 Å². The third-order valence-electron chi connectivity index (χ3n) is 20.3. The molecule has 0 spiro atoms. The molecule has 0 fully saturated rings. The van der Waals surface area contributed by atoms with Gasteiger partial charge in [0, 0.05) is 151 Å². The average molecular weight is 1960 g/mol. The first-order valence-corrected chi connectivity index (χ1v) is 46.1. The van der Waals surface area contributed by atoms with Gasteiger partial charge < -0.3 is 48.1 Å². The molecule has 0 aliphatic rings. The molecule has 0 aliphatic heterocycles. The summed E-state index contributed by atoms with van der Waals surface area (Å²) >= 11 is 31.4. The highest BCUT2D eigenvalue weighted by molar-refractivity contribution is 7.89. The Morgan fingerprint density at radius 2 is 0.688 bits per heavy atom. The zero-order valence-corrected chi connectivity index (χ0v) is 78.7. The Kier molecular flexibility index (Phi) is 34.4. The zero-order chi connectivity index (χ0) is 97.6. The van der Waals surface area contributed by atoms with Crippen LogP contribution in [0.3, 0.4) is 0 Å². The SMILES string of the molecule is CON=C(N)c1ccc(C(=O)Nc2ccc(Cl)c(-c3ccccn3)c2)cc1.CS(=O)(=O)Cc1ccc(C(=O)Nc2ccc(Cl)c(-c3ccccn3)c2)cn1.Cc1cc(C)n(Cc2ccc(C(=O)Nc3ccc(Cl)c(-c4ccccn4)c3)cc2)n1.NC(=NO)c1ccc(C(=O)Nc2ccc(Cl)c(-c3ccccn3)c2)cc1.O=C(Nc1ccc(Cl)c(-c2ccccn2)c1)c1ccc(Cn2cccn2)cc1. The third-order valence-corrected chi connectivity index (χ3v) is 22.7. The summed E-state index contributed by atoms with van der Waals surface area (Å²) in [6.45, 7) is 5.35. The quantitative estimate of drug-likeness (QED) is 0.0121. The van der Waals surface area contributed by atoms with Gasteiger partial charge in [-0.15, -0.1) is 0 Å². The van der Waals surface area contributed by atoms with Crippen molar-refractivity contribution in [3.8, 4) is 56.3 Å². The Labute approximate surface area is 819 Å². The van der Waals surface area contributed by atoms with E-state index in [4.69, 9.17) is 74.7 Å². The van der Waals surface area contributed by atoms with Crippen LogP contribution in [0.4, 0.5) is 28.4 Å². The lowest BCUT2D eigenvalue weighted by Gasteiger charge is -2.10. The van der Waals surface area contributed by atoms with Crippen molar-refractivity contribution in [1.82, 2.24) is 49.5 Å². The molecule has 10 N–H and O–H groups in total. The van der Waals surface area contributed by atoms with Gasteiger partial charge in [-0.1, -0.05) is 147 Å². The lowest BCUT2D eigenvalue weighted by molar-refractivity contribution is 0.101. The van der Waals surface area contributed by atoms with Gasteiger partial charge in [0.25, 0.3) is 29.5 Å². The van der Waals surface area contributed by atoms with E-state index in [2.05, 4.69) is 81.8 Å². The summed E-state index contributed by atoms with van der Waals surface area (Å²) in [7, 11) is -1.76. The maximum Gasteiger partial charge on any atom is 0.257 e. The molecular formula is C104H86Cl5N19O9S. The van der Waals surface area contributed by atoms with E-state index < -0.39 is 9.84 Å². The van der Waals surface area contributed by atoms with Crippen LogP contribution in [0, 0.1) is 13.8 Å². The number of pyridine rings is 6. The minimum atomic E-state index is -3.18. The summed E-state index contributed by atoms with van der Waals surface area (Å²) in [6.07, 6.45) is 14.6. The smallest absolute Gasteiger partial charge is 0.257 e. The first kappa shape index (κ1) is 99.1. The van der Waals surface area contributed by atoms with Crippen LogP contribution < -0.4 is 38.1 Å². The van der Waals surface area contributed by atoms with Crippen molar-refractivity contribution in [2.24, 2.45) is 21.8 Å². The third kappa shape index (κ3) is 28.3. The Morgan fingerprint density at radius 3 is 0.964 bits per heavy atom. The second-order valence-corrected chi connectivity index (χ2v) is 34.6. The van der Waals surface area contributed by atoms with Crippen LogP contribution in [0.1, 0.15) is 91.1 Å². The Balaban J connectivity index is 0.000000146. The molecule has 0 saturated heterocycles. The van der Waals surface area contributed by atoms with Crippen molar-refractivity contribution in [2.45, 2.75) is 32.7 Å². The predicted molar refractivity (Wildman–Crippen MR) is 544 cm³/mol. The molecular weight excluding hydrogens is 1870 g/mol. The monoisotopic (exact) mass is 1950 g/mol. The molecule has 692 valence electrons. The van der Waals surface area contributed by atoms with E-state index in [9.17, 15) is 32.4 Å². The van der Waals surface area contributed by atoms with Gasteiger partial charge in [-0.05, 0) is 249 Å². The van der Waals surface area contributed by atoms with Crippen LogP contribution in [-0.4, -0.2) is 118 Å². The van der Waals surface area contributed by atoms with E-state index in [0.29, 0.717) is 123 Å². The topological polar surface area (TPSA) is 399 Å². The van der Waals surface area contributed by atoms with E-state index in [1.165, 1.54) is 19.4 Å². The highest BCUT2D eigenvalue weighted by Gasteiger charge is 2.19. The fraction of sp³-hybridized carbons (Fsp3) is 0.0673. The fourth-order valence-corrected chi connectivity index (χ4v) is 15.2. The predicted octanol–water partition coefficient (Wildman–Crippen LogP) is 21.7. The van der Waals surface area contributed by atoms with Crippen LogP contribution in [-0.2, 0) is 33.5 Å². The molecule has 138 heavy (non-hydrogen) atoms. The molecule has 17 rings (SSSR count). The number of rotatable bonds is 24. The normalized spacial score (nSPS) is 11.0. The van der Waals surface area contributed by atoms with Crippen molar-refractivity contribution in [2.75, 3.05) is 39.9 Å².